The van der Waals surface area contributed by atoms with E-state index in [0.29, 0.717) is 23.9 Å². The van der Waals surface area contributed by atoms with Crippen LogP contribution in [-0.2, 0) is 18.0 Å². The molecular weight excluding hydrogens is 260 g/mol. The van der Waals surface area contributed by atoms with E-state index in [4.69, 9.17) is 22.2 Å². The van der Waals surface area contributed by atoms with Gasteiger partial charge in [-0.3, -0.25) is 0 Å². The van der Waals surface area contributed by atoms with Gasteiger partial charge in [0, 0.05) is 16.6 Å². The first kappa shape index (κ1) is 12.3. The highest BCUT2D eigenvalue weighted by atomic mass is 35.5. The predicted molar refractivity (Wildman–Crippen MR) is 67.7 cm³/mol. The van der Waals surface area contributed by atoms with E-state index in [1.54, 1.807) is 0 Å². The zero-order chi connectivity index (χ0) is 12.1. The maximum Gasteiger partial charge on any atom is 0.149 e. The molecule has 1 heterocycles. The van der Waals surface area contributed by atoms with Crippen LogP contribution in [0.2, 0.25) is 5.02 Å². The molecule has 3 N–H and O–H groups in total. The number of nitrogens with two attached hydrogens (primary N) is 1. The van der Waals surface area contributed by atoms with Gasteiger partial charge in [-0.05, 0) is 17.7 Å². The van der Waals surface area contributed by atoms with E-state index in [0.717, 1.165) is 10.6 Å². The van der Waals surface area contributed by atoms with Crippen LogP contribution in [0.4, 0.5) is 5.00 Å². The highest BCUT2D eigenvalue weighted by Crippen LogP contribution is 2.17. The Morgan fingerprint density at radius 3 is 3.06 bits per heavy atom. The Labute approximate surface area is 108 Å². The van der Waals surface area contributed by atoms with Crippen LogP contribution in [0.3, 0.4) is 0 Å². The molecule has 17 heavy (non-hydrogen) atoms. The molecule has 0 fully saturated rings. The fourth-order valence-electron chi connectivity index (χ4n) is 1.30. The molecule has 0 aliphatic rings. The summed E-state index contributed by atoms with van der Waals surface area (Å²) >= 11 is 7.07. The lowest BCUT2D eigenvalue weighted by molar-refractivity contribution is 0.105. The van der Waals surface area contributed by atoms with Gasteiger partial charge >= 0.3 is 0 Å². The number of nitrogens with zero attached hydrogens (tertiary/aromatic N) is 2. The molecular formula is C10H11ClN4OS. The number of halogens is 1. The summed E-state index contributed by atoms with van der Waals surface area (Å²) in [5, 5.41) is 5.33. The number of nitrogens with one attached hydrogen (secondary N) is 1. The van der Waals surface area contributed by atoms with Crippen molar-refractivity contribution < 1.29 is 4.74 Å². The summed E-state index contributed by atoms with van der Waals surface area (Å²) in [5.41, 5.74) is 4.25. The summed E-state index contributed by atoms with van der Waals surface area (Å²) in [6.07, 6.45) is 0. The Morgan fingerprint density at radius 2 is 2.29 bits per heavy atom. The molecule has 0 atom stereocenters. The minimum atomic E-state index is 0.364. The van der Waals surface area contributed by atoms with Crippen LogP contribution in [-0.4, -0.2) is 9.59 Å². The third-order valence-electron chi connectivity index (χ3n) is 2.08. The number of rotatable bonds is 5. The largest absolute Gasteiger partial charge is 0.370 e. The molecule has 0 aliphatic carbocycles. The molecule has 0 unspecified atom stereocenters. The van der Waals surface area contributed by atoms with Crippen LogP contribution in [0.25, 0.3) is 0 Å². The van der Waals surface area contributed by atoms with Gasteiger partial charge in [-0.2, -0.15) is 0 Å². The van der Waals surface area contributed by atoms with E-state index in [1.807, 2.05) is 24.3 Å². The van der Waals surface area contributed by atoms with E-state index >= 15 is 0 Å². The summed E-state index contributed by atoms with van der Waals surface area (Å²) in [6.45, 7) is 0.838. The molecule has 1 aromatic carbocycles. The van der Waals surface area contributed by atoms with Gasteiger partial charge in [-0.15, -0.1) is 5.10 Å². The van der Waals surface area contributed by atoms with Crippen LogP contribution >= 0.6 is 23.1 Å². The number of ether oxygens (including phenoxy) is 1. The number of hydrazine groups is 1. The molecule has 0 saturated carbocycles. The van der Waals surface area contributed by atoms with Gasteiger partial charge in [0.1, 0.15) is 10.7 Å². The SMILES string of the molecule is NNc1snnc1COCc1cccc(Cl)c1. The smallest absolute Gasteiger partial charge is 0.149 e. The van der Waals surface area contributed by atoms with Crippen molar-refractivity contribution in [3.05, 3.63) is 40.5 Å². The quantitative estimate of drug-likeness (QED) is 0.644. The molecule has 0 spiro atoms. The maximum absolute atomic E-state index is 5.87. The normalized spacial score (nSPS) is 10.5. The Morgan fingerprint density at radius 1 is 1.41 bits per heavy atom. The summed E-state index contributed by atoms with van der Waals surface area (Å²) in [5.74, 6) is 5.31. The average Bonchev–Trinajstić information content (AvgIpc) is 2.77. The van der Waals surface area contributed by atoms with Crippen molar-refractivity contribution in [1.29, 1.82) is 0 Å². The Kier molecular flexibility index (Phi) is 4.27. The molecule has 0 aliphatic heterocycles. The monoisotopic (exact) mass is 270 g/mol. The molecule has 2 aromatic rings. The van der Waals surface area contributed by atoms with Crippen LogP contribution in [0.1, 0.15) is 11.3 Å². The molecule has 5 nitrogen and oxygen atoms in total. The number of benzene rings is 1. The number of nitrogen functional groups attached to an aromatic ring is 1. The highest BCUT2D eigenvalue weighted by Gasteiger charge is 2.06. The van der Waals surface area contributed by atoms with E-state index in [2.05, 4.69) is 15.0 Å². The second-order valence-corrected chi connectivity index (χ2v) is 4.51. The molecule has 90 valence electrons. The first-order chi connectivity index (χ1) is 8.29. The van der Waals surface area contributed by atoms with Crippen molar-refractivity contribution in [2.45, 2.75) is 13.2 Å². The van der Waals surface area contributed by atoms with Crippen LogP contribution in [0.15, 0.2) is 24.3 Å². The van der Waals surface area contributed by atoms with Gasteiger partial charge < -0.3 is 10.2 Å². The lowest BCUT2D eigenvalue weighted by atomic mass is 10.2. The molecule has 1 aromatic heterocycles. The summed E-state index contributed by atoms with van der Waals surface area (Å²) < 4.78 is 9.29. The summed E-state index contributed by atoms with van der Waals surface area (Å²) in [7, 11) is 0. The second kappa shape index (κ2) is 5.92. The lowest BCUT2D eigenvalue weighted by Gasteiger charge is -2.04. The minimum Gasteiger partial charge on any atom is -0.370 e. The summed E-state index contributed by atoms with van der Waals surface area (Å²) in [4.78, 5) is 0. The van der Waals surface area contributed by atoms with Crippen molar-refractivity contribution in [3.63, 3.8) is 0 Å². The van der Waals surface area contributed by atoms with Crippen LogP contribution < -0.4 is 11.3 Å². The molecule has 0 bridgehead atoms. The molecule has 0 saturated heterocycles. The summed E-state index contributed by atoms with van der Waals surface area (Å²) in [6, 6.07) is 7.53. The van der Waals surface area contributed by atoms with Gasteiger partial charge in [0.25, 0.3) is 0 Å². The third kappa shape index (κ3) is 3.37. The highest BCUT2D eigenvalue weighted by molar-refractivity contribution is 7.10. The fourth-order valence-corrected chi connectivity index (χ4v) is 2.00. The van der Waals surface area contributed by atoms with Crippen molar-refractivity contribution in [1.82, 2.24) is 9.59 Å². The van der Waals surface area contributed by atoms with Crippen molar-refractivity contribution in [2.24, 2.45) is 5.84 Å². The Bertz CT molecular complexity index is 491. The van der Waals surface area contributed by atoms with Gasteiger partial charge in [-0.1, -0.05) is 28.2 Å². The third-order valence-corrected chi connectivity index (χ3v) is 3.02. The van der Waals surface area contributed by atoms with E-state index < -0.39 is 0 Å². The fraction of sp³-hybridized carbons (Fsp3) is 0.200. The van der Waals surface area contributed by atoms with Crippen molar-refractivity contribution in [2.75, 3.05) is 5.43 Å². The van der Waals surface area contributed by atoms with Crippen LogP contribution in [0.5, 0.6) is 0 Å². The first-order valence-corrected chi connectivity index (χ1v) is 6.05. The van der Waals surface area contributed by atoms with Crippen LogP contribution in [0, 0.1) is 0 Å². The number of hydrogen-bond donors (Lipinski definition) is 2. The molecule has 2 rings (SSSR count). The minimum absolute atomic E-state index is 0.364. The topological polar surface area (TPSA) is 73.1 Å². The van der Waals surface area contributed by atoms with Crippen molar-refractivity contribution >= 4 is 28.1 Å². The Balaban J connectivity index is 1.87. The molecule has 0 radical (unpaired) electrons. The maximum atomic E-state index is 5.87. The molecule has 7 heteroatoms. The van der Waals surface area contributed by atoms with E-state index in [9.17, 15) is 0 Å². The standard InChI is InChI=1S/C10H11ClN4OS/c11-8-3-1-2-7(4-8)5-16-6-9-10(13-12)17-15-14-9/h1-4,13H,5-6,12H2. The second-order valence-electron chi connectivity index (χ2n) is 3.32. The average molecular weight is 271 g/mol. The Hall–Kier alpha value is -1.21. The zero-order valence-corrected chi connectivity index (χ0v) is 10.5. The van der Waals surface area contributed by atoms with Gasteiger partial charge in [-0.25, -0.2) is 5.84 Å². The lowest BCUT2D eigenvalue weighted by Crippen LogP contribution is -2.08. The van der Waals surface area contributed by atoms with Gasteiger partial charge in [0.2, 0.25) is 0 Å². The number of aromatic nitrogens is 2. The van der Waals surface area contributed by atoms with Gasteiger partial charge in [0.15, 0.2) is 0 Å². The predicted octanol–water partition coefficient (Wildman–Crippen LogP) is 2.19. The number of hydrogen-bond acceptors (Lipinski definition) is 6. The van der Waals surface area contributed by atoms with Gasteiger partial charge in [0.05, 0.1) is 13.2 Å². The van der Waals surface area contributed by atoms with E-state index in [-0.39, 0.29) is 0 Å². The van der Waals surface area contributed by atoms with Crippen molar-refractivity contribution in [3.8, 4) is 0 Å². The zero-order valence-electron chi connectivity index (χ0n) is 8.89. The first-order valence-electron chi connectivity index (χ1n) is 4.89. The van der Waals surface area contributed by atoms with E-state index in [1.165, 1.54) is 11.5 Å². The number of anilines is 1. The molecule has 0 amide bonds.